The average Bonchev–Trinajstić information content (AvgIpc) is 2.55. The van der Waals surface area contributed by atoms with E-state index in [0.29, 0.717) is 0 Å². The summed E-state index contributed by atoms with van der Waals surface area (Å²) in [5.41, 5.74) is 1.87. The van der Waals surface area contributed by atoms with Gasteiger partial charge >= 0.3 is 0 Å². The van der Waals surface area contributed by atoms with Crippen LogP contribution in [0.5, 0.6) is 5.75 Å². The molecule has 21 heavy (non-hydrogen) atoms. The standard InChI is InChI=1S/C17H14O2.C2H6/c18-16(10-6-14-4-2-1-3-5-14)11-7-15-8-12-17(19)13-9-15;1-2/h1-13,19H;1-2H3/b10-6+,11-7+;. The Kier molecular flexibility index (Phi) is 7.30. The van der Waals surface area contributed by atoms with Gasteiger partial charge in [-0.25, -0.2) is 0 Å². The summed E-state index contributed by atoms with van der Waals surface area (Å²) in [6.45, 7) is 4.00. The largest absolute Gasteiger partial charge is 0.508 e. The number of aromatic hydroxyl groups is 1. The Labute approximate surface area is 126 Å². The van der Waals surface area contributed by atoms with Crippen LogP contribution in [0.3, 0.4) is 0 Å². The van der Waals surface area contributed by atoms with Gasteiger partial charge in [-0.3, -0.25) is 4.79 Å². The first-order valence-corrected chi connectivity index (χ1v) is 6.98. The first-order valence-electron chi connectivity index (χ1n) is 6.98. The average molecular weight is 280 g/mol. The van der Waals surface area contributed by atoms with E-state index in [1.54, 1.807) is 36.4 Å². The first kappa shape index (κ1) is 16.4. The normalized spacial score (nSPS) is 10.4. The third-order valence-electron chi connectivity index (χ3n) is 2.57. The molecule has 0 heterocycles. The molecule has 2 nitrogen and oxygen atoms in total. The molecule has 108 valence electrons. The fourth-order valence-corrected chi connectivity index (χ4v) is 1.56. The van der Waals surface area contributed by atoms with Crippen molar-refractivity contribution in [2.45, 2.75) is 13.8 Å². The highest BCUT2D eigenvalue weighted by molar-refractivity contribution is 6.04. The summed E-state index contributed by atoms with van der Waals surface area (Å²) in [6, 6.07) is 16.3. The lowest BCUT2D eigenvalue weighted by Crippen LogP contribution is -1.84. The number of phenols is 1. The fourth-order valence-electron chi connectivity index (χ4n) is 1.56. The topological polar surface area (TPSA) is 37.3 Å². The lowest BCUT2D eigenvalue weighted by Gasteiger charge is -1.93. The minimum Gasteiger partial charge on any atom is -0.508 e. The smallest absolute Gasteiger partial charge is 0.178 e. The van der Waals surface area contributed by atoms with Crippen LogP contribution < -0.4 is 0 Å². The molecule has 0 aliphatic rings. The van der Waals surface area contributed by atoms with Crippen LogP contribution >= 0.6 is 0 Å². The monoisotopic (exact) mass is 280 g/mol. The first-order chi connectivity index (χ1) is 10.2. The Balaban J connectivity index is 0.00000106. The Hall–Kier alpha value is -2.61. The van der Waals surface area contributed by atoms with Gasteiger partial charge in [0.05, 0.1) is 0 Å². The lowest BCUT2D eigenvalue weighted by molar-refractivity contribution is -0.110. The van der Waals surface area contributed by atoms with Crippen molar-refractivity contribution < 1.29 is 9.90 Å². The van der Waals surface area contributed by atoms with E-state index in [0.717, 1.165) is 11.1 Å². The van der Waals surface area contributed by atoms with Gasteiger partial charge in [0.25, 0.3) is 0 Å². The van der Waals surface area contributed by atoms with Crippen molar-refractivity contribution in [1.29, 1.82) is 0 Å². The number of hydrogen-bond donors (Lipinski definition) is 1. The zero-order valence-electron chi connectivity index (χ0n) is 12.4. The second kappa shape index (κ2) is 9.32. The van der Waals surface area contributed by atoms with Gasteiger partial charge in [0.1, 0.15) is 5.75 Å². The van der Waals surface area contributed by atoms with E-state index in [4.69, 9.17) is 5.11 Å². The highest BCUT2D eigenvalue weighted by Crippen LogP contribution is 2.10. The molecule has 0 saturated carbocycles. The molecule has 2 aromatic carbocycles. The molecule has 0 aromatic heterocycles. The van der Waals surface area contributed by atoms with Crippen LogP contribution in [0, 0.1) is 0 Å². The Morgan fingerprint density at radius 1 is 0.810 bits per heavy atom. The van der Waals surface area contributed by atoms with Gasteiger partial charge < -0.3 is 5.11 Å². The maximum absolute atomic E-state index is 11.6. The number of hydrogen-bond acceptors (Lipinski definition) is 2. The molecule has 0 unspecified atom stereocenters. The summed E-state index contributed by atoms with van der Waals surface area (Å²) in [5.74, 6) is 0.143. The predicted octanol–water partition coefficient (Wildman–Crippen LogP) is 4.71. The summed E-state index contributed by atoms with van der Waals surface area (Å²) >= 11 is 0. The molecule has 0 atom stereocenters. The lowest BCUT2D eigenvalue weighted by atomic mass is 10.1. The summed E-state index contributed by atoms with van der Waals surface area (Å²) in [5, 5.41) is 9.14. The Morgan fingerprint density at radius 2 is 1.29 bits per heavy atom. The van der Waals surface area contributed by atoms with Crippen molar-refractivity contribution >= 4 is 17.9 Å². The minimum absolute atomic E-state index is 0.0723. The van der Waals surface area contributed by atoms with Crippen LogP contribution in [0.4, 0.5) is 0 Å². The quantitative estimate of drug-likeness (QED) is 0.823. The van der Waals surface area contributed by atoms with Crippen molar-refractivity contribution in [3.05, 3.63) is 77.9 Å². The molecule has 0 radical (unpaired) electrons. The molecule has 0 fully saturated rings. The second-order valence-corrected chi connectivity index (χ2v) is 4.07. The molecule has 2 aromatic rings. The molecular formula is C19H20O2. The second-order valence-electron chi connectivity index (χ2n) is 4.07. The van der Waals surface area contributed by atoms with E-state index >= 15 is 0 Å². The van der Waals surface area contributed by atoms with Gasteiger partial charge in [0, 0.05) is 0 Å². The van der Waals surface area contributed by atoms with Crippen molar-refractivity contribution in [2.24, 2.45) is 0 Å². The van der Waals surface area contributed by atoms with Crippen LogP contribution in [-0.2, 0) is 4.79 Å². The van der Waals surface area contributed by atoms with Gasteiger partial charge in [0.15, 0.2) is 5.78 Å². The molecule has 2 heteroatoms. The third kappa shape index (κ3) is 6.39. The molecule has 0 aliphatic heterocycles. The third-order valence-corrected chi connectivity index (χ3v) is 2.57. The van der Waals surface area contributed by atoms with Gasteiger partial charge in [-0.1, -0.05) is 68.5 Å². The number of phenolic OH excluding ortho intramolecular Hbond substituents is 1. The van der Waals surface area contributed by atoms with E-state index in [1.807, 2.05) is 44.2 Å². The summed E-state index contributed by atoms with van der Waals surface area (Å²) < 4.78 is 0. The van der Waals surface area contributed by atoms with Gasteiger partial charge in [0.2, 0.25) is 0 Å². The zero-order valence-corrected chi connectivity index (χ0v) is 12.4. The molecule has 0 aliphatic carbocycles. The highest BCUT2D eigenvalue weighted by atomic mass is 16.3. The molecule has 2 rings (SSSR count). The van der Waals surface area contributed by atoms with E-state index in [-0.39, 0.29) is 11.5 Å². The maximum Gasteiger partial charge on any atom is 0.178 e. The van der Waals surface area contributed by atoms with Crippen LogP contribution in [0.2, 0.25) is 0 Å². The number of carbonyl (C=O) groups is 1. The van der Waals surface area contributed by atoms with Gasteiger partial charge in [-0.2, -0.15) is 0 Å². The molecule has 0 bridgehead atoms. The zero-order chi connectivity index (χ0) is 15.5. The number of benzene rings is 2. The summed E-state index contributed by atoms with van der Waals surface area (Å²) in [4.78, 5) is 11.6. The summed E-state index contributed by atoms with van der Waals surface area (Å²) in [6.07, 6.45) is 6.54. The van der Waals surface area contributed by atoms with Crippen LogP contribution in [0.25, 0.3) is 12.2 Å². The highest BCUT2D eigenvalue weighted by Gasteiger charge is 1.91. The van der Waals surface area contributed by atoms with E-state index in [9.17, 15) is 4.79 Å². The SMILES string of the molecule is CC.O=C(/C=C/c1ccccc1)/C=C/c1ccc(O)cc1. The number of ketones is 1. The number of allylic oxidation sites excluding steroid dienone is 2. The molecule has 1 N–H and O–H groups in total. The van der Waals surface area contributed by atoms with Crippen molar-refractivity contribution in [3.8, 4) is 5.75 Å². The molecule has 0 spiro atoms. The van der Waals surface area contributed by atoms with Crippen LogP contribution in [-0.4, -0.2) is 10.9 Å². The van der Waals surface area contributed by atoms with Crippen LogP contribution in [0.1, 0.15) is 25.0 Å². The molecular weight excluding hydrogens is 260 g/mol. The van der Waals surface area contributed by atoms with Crippen molar-refractivity contribution in [2.75, 3.05) is 0 Å². The molecule has 0 saturated heterocycles. The van der Waals surface area contributed by atoms with Crippen LogP contribution in [0.15, 0.2) is 66.7 Å². The number of rotatable bonds is 4. The minimum atomic E-state index is -0.0723. The fraction of sp³-hybridized carbons (Fsp3) is 0.105. The Morgan fingerprint density at radius 3 is 1.81 bits per heavy atom. The van der Waals surface area contributed by atoms with Gasteiger partial charge in [-0.15, -0.1) is 0 Å². The molecule has 0 amide bonds. The van der Waals surface area contributed by atoms with E-state index in [2.05, 4.69) is 0 Å². The van der Waals surface area contributed by atoms with E-state index in [1.165, 1.54) is 12.2 Å². The number of carbonyl (C=O) groups excluding carboxylic acids is 1. The van der Waals surface area contributed by atoms with Crippen molar-refractivity contribution in [3.63, 3.8) is 0 Å². The van der Waals surface area contributed by atoms with E-state index < -0.39 is 0 Å². The summed E-state index contributed by atoms with van der Waals surface area (Å²) in [7, 11) is 0. The van der Waals surface area contributed by atoms with Gasteiger partial charge in [-0.05, 0) is 35.4 Å². The maximum atomic E-state index is 11.6. The van der Waals surface area contributed by atoms with Crippen molar-refractivity contribution in [1.82, 2.24) is 0 Å². The predicted molar refractivity (Wildman–Crippen MR) is 89.0 cm³/mol. The Bertz CT molecular complexity index is 593.